The topological polar surface area (TPSA) is 103 Å². The summed E-state index contributed by atoms with van der Waals surface area (Å²) < 4.78 is 0. The van der Waals surface area contributed by atoms with E-state index >= 15 is 0 Å². The Bertz CT molecular complexity index is 672. The molecule has 0 spiro atoms. The number of rotatable bonds is 3. The van der Waals surface area contributed by atoms with Crippen molar-refractivity contribution in [3.63, 3.8) is 0 Å². The standard InChI is InChI=1S/C11H8N2O4S/c14-9-8(18-11(17)13-9)5-12-7-3-1-2-6(4-7)10(15)16/h1-5,14H,(H,13,17)(H,15,16). The summed E-state index contributed by atoms with van der Waals surface area (Å²) in [6, 6.07) is 6.03. The van der Waals surface area contributed by atoms with Crippen LogP contribution in [0.25, 0.3) is 0 Å². The molecule has 1 aromatic heterocycles. The molecule has 0 aliphatic carbocycles. The van der Waals surface area contributed by atoms with E-state index in [0.717, 1.165) is 11.3 Å². The summed E-state index contributed by atoms with van der Waals surface area (Å²) in [5, 5.41) is 18.1. The Morgan fingerprint density at radius 2 is 2.22 bits per heavy atom. The van der Waals surface area contributed by atoms with Crippen molar-refractivity contribution < 1.29 is 15.0 Å². The van der Waals surface area contributed by atoms with E-state index in [1.54, 1.807) is 12.1 Å². The lowest BCUT2D eigenvalue weighted by Crippen LogP contribution is -1.94. The Morgan fingerprint density at radius 1 is 1.44 bits per heavy atom. The highest BCUT2D eigenvalue weighted by atomic mass is 32.1. The van der Waals surface area contributed by atoms with Crippen molar-refractivity contribution >= 4 is 29.2 Å². The molecule has 0 aliphatic rings. The maximum Gasteiger partial charge on any atom is 0.335 e. The van der Waals surface area contributed by atoms with Crippen LogP contribution in [0, 0.1) is 0 Å². The lowest BCUT2D eigenvalue weighted by Gasteiger charge is -1.96. The van der Waals surface area contributed by atoms with Crippen LogP contribution in [0.4, 0.5) is 5.69 Å². The second-order valence-electron chi connectivity index (χ2n) is 3.34. The van der Waals surface area contributed by atoms with Crippen molar-refractivity contribution in [2.45, 2.75) is 0 Å². The van der Waals surface area contributed by atoms with Gasteiger partial charge in [0.15, 0.2) is 0 Å². The predicted octanol–water partition coefficient (Wildman–Crippen LogP) is 1.59. The van der Waals surface area contributed by atoms with Crippen LogP contribution in [0.5, 0.6) is 5.88 Å². The minimum atomic E-state index is -1.04. The van der Waals surface area contributed by atoms with Gasteiger partial charge in [0.05, 0.1) is 17.5 Å². The first kappa shape index (κ1) is 12.1. The van der Waals surface area contributed by atoms with Crippen LogP contribution in [-0.4, -0.2) is 27.4 Å². The molecule has 2 aromatic rings. The Kier molecular flexibility index (Phi) is 3.24. The lowest BCUT2D eigenvalue weighted by atomic mass is 10.2. The summed E-state index contributed by atoms with van der Waals surface area (Å²) in [6.07, 6.45) is 1.30. The number of nitrogens with zero attached hydrogens (tertiary/aromatic N) is 1. The Hall–Kier alpha value is -2.41. The molecular weight excluding hydrogens is 256 g/mol. The zero-order valence-electron chi connectivity index (χ0n) is 8.95. The number of H-pyrrole nitrogens is 1. The number of carbonyl (C=O) groups is 1. The van der Waals surface area contributed by atoms with E-state index < -0.39 is 5.97 Å². The van der Waals surface area contributed by atoms with Crippen LogP contribution in [0.15, 0.2) is 34.1 Å². The van der Waals surface area contributed by atoms with E-state index in [2.05, 4.69) is 9.98 Å². The van der Waals surface area contributed by atoms with E-state index in [0.29, 0.717) is 10.6 Å². The van der Waals surface area contributed by atoms with Crippen LogP contribution in [0.3, 0.4) is 0 Å². The molecular formula is C11H8N2O4S. The smallest absolute Gasteiger partial charge is 0.335 e. The van der Waals surface area contributed by atoms with Gasteiger partial charge in [0, 0.05) is 0 Å². The third-order valence-corrected chi connectivity index (χ3v) is 2.89. The zero-order valence-corrected chi connectivity index (χ0v) is 9.77. The molecule has 0 unspecified atom stereocenters. The number of aromatic amines is 1. The number of hydrogen-bond acceptors (Lipinski definition) is 5. The lowest BCUT2D eigenvalue weighted by molar-refractivity contribution is 0.0697. The molecule has 6 nitrogen and oxygen atoms in total. The van der Waals surface area contributed by atoms with Gasteiger partial charge in [0.1, 0.15) is 4.88 Å². The fourth-order valence-electron chi connectivity index (χ4n) is 1.27. The van der Waals surface area contributed by atoms with E-state index in [1.165, 1.54) is 18.3 Å². The molecule has 1 aromatic carbocycles. The second-order valence-corrected chi connectivity index (χ2v) is 4.36. The molecule has 0 saturated heterocycles. The predicted molar refractivity (Wildman–Crippen MR) is 67.3 cm³/mol. The van der Waals surface area contributed by atoms with Crippen LogP contribution in [0.2, 0.25) is 0 Å². The van der Waals surface area contributed by atoms with Gasteiger partial charge >= 0.3 is 10.8 Å². The van der Waals surface area contributed by atoms with E-state index in [9.17, 15) is 14.7 Å². The quantitative estimate of drug-likeness (QED) is 0.732. The molecule has 18 heavy (non-hydrogen) atoms. The average Bonchev–Trinajstić information content (AvgIpc) is 2.65. The summed E-state index contributed by atoms with van der Waals surface area (Å²) in [7, 11) is 0. The highest BCUT2D eigenvalue weighted by molar-refractivity contribution is 7.11. The number of carboxylic acids is 1. The summed E-state index contributed by atoms with van der Waals surface area (Å²) >= 11 is 0.817. The molecule has 7 heteroatoms. The van der Waals surface area contributed by atoms with Crippen molar-refractivity contribution in [1.82, 2.24) is 4.98 Å². The van der Waals surface area contributed by atoms with Gasteiger partial charge in [-0.05, 0) is 18.2 Å². The van der Waals surface area contributed by atoms with Gasteiger partial charge in [-0.25, -0.2) is 4.79 Å². The Labute approximate surface area is 105 Å². The molecule has 92 valence electrons. The van der Waals surface area contributed by atoms with Crippen molar-refractivity contribution in [3.05, 3.63) is 44.4 Å². The minimum Gasteiger partial charge on any atom is -0.493 e. The molecule has 1 heterocycles. The number of aromatic nitrogens is 1. The van der Waals surface area contributed by atoms with Gasteiger partial charge in [0.2, 0.25) is 5.88 Å². The van der Waals surface area contributed by atoms with Crippen LogP contribution >= 0.6 is 11.3 Å². The molecule has 0 saturated carbocycles. The van der Waals surface area contributed by atoms with Gasteiger partial charge < -0.3 is 10.2 Å². The van der Waals surface area contributed by atoms with E-state index in [-0.39, 0.29) is 16.3 Å². The van der Waals surface area contributed by atoms with Crippen molar-refractivity contribution in [3.8, 4) is 5.88 Å². The van der Waals surface area contributed by atoms with Gasteiger partial charge in [0.25, 0.3) is 0 Å². The van der Waals surface area contributed by atoms with Crippen molar-refractivity contribution in [2.24, 2.45) is 4.99 Å². The molecule has 3 N–H and O–H groups in total. The number of aliphatic imine (C=N–C) groups is 1. The molecule has 0 radical (unpaired) electrons. The fraction of sp³-hybridized carbons (Fsp3) is 0. The number of nitrogens with one attached hydrogen (secondary N) is 1. The summed E-state index contributed by atoms with van der Waals surface area (Å²) in [6.45, 7) is 0. The maximum absolute atomic E-state index is 10.9. The molecule has 0 amide bonds. The summed E-state index contributed by atoms with van der Waals surface area (Å²) in [4.78, 5) is 27.8. The molecule has 0 atom stereocenters. The number of carboxylic acid groups (broad SMARTS) is 1. The number of aromatic hydroxyl groups is 1. The third kappa shape index (κ3) is 2.64. The number of benzene rings is 1. The highest BCUT2D eigenvalue weighted by Crippen LogP contribution is 2.17. The number of thiazole rings is 1. The van der Waals surface area contributed by atoms with Crippen molar-refractivity contribution in [2.75, 3.05) is 0 Å². The Balaban J connectivity index is 2.29. The van der Waals surface area contributed by atoms with Crippen LogP contribution < -0.4 is 4.87 Å². The second kappa shape index (κ2) is 4.84. The first-order valence-electron chi connectivity index (χ1n) is 4.86. The monoisotopic (exact) mass is 264 g/mol. The molecule has 0 bridgehead atoms. The summed E-state index contributed by atoms with van der Waals surface area (Å²) in [5.41, 5.74) is 0.547. The first-order valence-corrected chi connectivity index (χ1v) is 5.67. The molecule has 2 rings (SSSR count). The Morgan fingerprint density at radius 3 is 2.83 bits per heavy atom. The number of aromatic carboxylic acids is 1. The maximum atomic E-state index is 10.9. The molecule has 0 aliphatic heterocycles. The highest BCUT2D eigenvalue weighted by Gasteiger charge is 2.04. The van der Waals surface area contributed by atoms with Gasteiger partial charge in [-0.1, -0.05) is 17.4 Å². The van der Waals surface area contributed by atoms with E-state index in [1.807, 2.05) is 0 Å². The largest absolute Gasteiger partial charge is 0.493 e. The van der Waals surface area contributed by atoms with E-state index in [4.69, 9.17) is 5.11 Å². The van der Waals surface area contributed by atoms with Crippen LogP contribution in [0.1, 0.15) is 15.2 Å². The van der Waals surface area contributed by atoms with Gasteiger partial charge in [-0.2, -0.15) is 0 Å². The fourth-order valence-corrected chi connectivity index (χ4v) is 1.87. The van der Waals surface area contributed by atoms with Crippen LogP contribution in [-0.2, 0) is 0 Å². The third-order valence-electron chi connectivity index (χ3n) is 2.08. The minimum absolute atomic E-state index is 0.121. The molecule has 0 fully saturated rings. The zero-order chi connectivity index (χ0) is 13.1. The van der Waals surface area contributed by atoms with Gasteiger partial charge in [-0.3, -0.25) is 14.8 Å². The summed E-state index contributed by atoms with van der Waals surface area (Å²) in [5.74, 6) is -1.29. The first-order chi connectivity index (χ1) is 8.56. The average molecular weight is 264 g/mol. The normalized spacial score (nSPS) is 10.9. The van der Waals surface area contributed by atoms with Crippen molar-refractivity contribution in [1.29, 1.82) is 0 Å². The SMILES string of the molecule is O=C(O)c1cccc(N=Cc2sc(=O)[nH]c2O)c1. The number of hydrogen-bond donors (Lipinski definition) is 3. The van der Waals surface area contributed by atoms with Gasteiger partial charge in [-0.15, -0.1) is 0 Å².